The number of benzene rings is 1. The van der Waals surface area contributed by atoms with Gasteiger partial charge in [-0.15, -0.1) is 0 Å². The van der Waals surface area contributed by atoms with Crippen LogP contribution in [0.3, 0.4) is 0 Å². The molecule has 0 radical (unpaired) electrons. The lowest BCUT2D eigenvalue weighted by Crippen LogP contribution is -2.28. The second-order valence-electron chi connectivity index (χ2n) is 4.83. The molecule has 0 saturated carbocycles. The SMILES string of the molecule is CCC(CCO)NCc1ccc2c(c1)OCCCO2. The molecule has 106 valence electrons. The molecule has 2 rings (SSSR count). The van der Waals surface area contributed by atoms with Gasteiger partial charge in [0, 0.05) is 25.6 Å². The van der Waals surface area contributed by atoms with E-state index >= 15 is 0 Å². The van der Waals surface area contributed by atoms with Gasteiger partial charge in [0.1, 0.15) is 0 Å². The zero-order valence-corrected chi connectivity index (χ0v) is 11.5. The summed E-state index contributed by atoms with van der Waals surface area (Å²) in [6, 6.07) is 6.44. The minimum Gasteiger partial charge on any atom is -0.490 e. The van der Waals surface area contributed by atoms with Crippen molar-refractivity contribution in [1.29, 1.82) is 0 Å². The van der Waals surface area contributed by atoms with Crippen molar-refractivity contribution >= 4 is 0 Å². The lowest BCUT2D eigenvalue weighted by atomic mass is 10.1. The van der Waals surface area contributed by atoms with Crippen LogP contribution in [0.5, 0.6) is 11.5 Å². The molecule has 1 heterocycles. The Kier molecular flexibility index (Phi) is 5.48. The summed E-state index contributed by atoms with van der Waals surface area (Å²) in [5, 5.41) is 12.4. The topological polar surface area (TPSA) is 50.7 Å². The van der Waals surface area contributed by atoms with Gasteiger partial charge in [0.05, 0.1) is 13.2 Å². The second-order valence-corrected chi connectivity index (χ2v) is 4.83. The number of nitrogens with one attached hydrogen (secondary N) is 1. The summed E-state index contributed by atoms with van der Waals surface area (Å²) in [6.07, 6.45) is 2.74. The fraction of sp³-hybridized carbons (Fsp3) is 0.600. The second kappa shape index (κ2) is 7.36. The maximum Gasteiger partial charge on any atom is 0.161 e. The average Bonchev–Trinajstić information content (AvgIpc) is 2.68. The quantitative estimate of drug-likeness (QED) is 0.827. The number of hydrogen-bond donors (Lipinski definition) is 2. The van der Waals surface area contributed by atoms with Gasteiger partial charge >= 0.3 is 0 Å². The largest absolute Gasteiger partial charge is 0.490 e. The van der Waals surface area contributed by atoms with Gasteiger partial charge in [0.15, 0.2) is 11.5 Å². The van der Waals surface area contributed by atoms with Crippen LogP contribution < -0.4 is 14.8 Å². The molecular weight excluding hydrogens is 242 g/mol. The molecule has 4 nitrogen and oxygen atoms in total. The van der Waals surface area contributed by atoms with E-state index in [1.807, 2.05) is 12.1 Å². The van der Waals surface area contributed by atoms with Crippen molar-refractivity contribution in [1.82, 2.24) is 5.32 Å². The molecule has 1 aliphatic heterocycles. The van der Waals surface area contributed by atoms with Crippen molar-refractivity contribution in [3.63, 3.8) is 0 Å². The molecule has 1 aromatic rings. The predicted molar refractivity (Wildman–Crippen MR) is 74.7 cm³/mol. The molecule has 0 aliphatic carbocycles. The number of fused-ring (bicyclic) bond motifs is 1. The first-order valence-electron chi connectivity index (χ1n) is 7.06. The van der Waals surface area contributed by atoms with Crippen molar-refractivity contribution in [3.05, 3.63) is 23.8 Å². The fourth-order valence-corrected chi connectivity index (χ4v) is 2.19. The molecule has 0 fully saturated rings. The van der Waals surface area contributed by atoms with Crippen LogP contribution in [0.25, 0.3) is 0 Å². The molecule has 1 atom stereocenters. The third-order valence-electron chi connectivity index (χ3n) is 3.38. The van der Waals surface area contributed by atoms with E-state index < -0.39 is 0 Å². The third kappa shape index (κ3) is 4.11. The molecule has 2 N–H and O–H groups in total. The molecule has 0 saturated heterocycles. The standard InChI is InChI=1S/C15H23NO3/c1-2-13(6-7-17)16-11-12-4-5-14-15(10-12)19-9-3-8-18-14/h4-5,10,13,16-17H,2-3,6-9,11H2,1H3. The summed E-state index contributed by atoms with van der Waals surface area (Å²) in [6.45, 7) is 4.58. The van der Waals surface area contributed by atoms with Gasteiger partial charge in [-0.1, -0.05) is 13.0 Å². The van der Waals surface area contributed by atoms with Crippen LogP contribution in [0.1, 0.15) is 31.7 Å². The average molecular weight is 265 g/mol. The molecule has 1 aromatic carbocycles. The van der Waals surface area contributed by atoms with Gasteiger partial charge in [0.25, 0.3) is 0 Å². The van der Waals surface area contributed by atoms with Gasteiger partial charge in [0.2, 0.25) is 0 Å². The van der Waals surface area contributed by atoms with Gasteiger partial charge in [-0.25, -0.2) is 0 Å². The molecular formula is C15H23NO3. The third-order valence-corrected chi connectivity index (χ3v) is 3.38. The van der Waals surface area contributed by atoms with E-state index in [0.29, 0.717) is 12.6 Å². The highest BCUT2D eigenvalue weighted by atomic mass is 16.5. The monoisotopic (exact) mass is 265 g/mol. The van der Waals surface area contributed by atoms with E-state index in [1.54, 1.807) is 0 Å². The van der Waals surface area contributed by atoms with Crippen LogP contribution in [0.2, 0.25) is 0 Å². The van der Waals surface area contributed by atoms with Gasteiger partial charge in [-0.2, -0.15) is 0 Å². The van der Waals surface area contributed by atoms with Crippen molar-refractivity contribution in [3.8, 4) is 11.5 Å². The number of ether oxygens (including phenoxy) is 2. The fourth-order valence-electron chi connectivity index (χ4n) is 2.19. The van der Waals surface area contributed by atoms with E-state index in [-0.39, 0.29) is 6.61 Å². The first-order chi connectivity index (χ1) is 9.33. The Morgan fingerprint density at radius 1 is 1.26 bits per heavy atom. The summed E-state index contributed by atoms with van der Waals surface area (Å²) in [5.41, 5.74) is 1.18. The highest BCUT2D eigenvalue weighted by molar-refractivity contribution is 5.43. The molecule has 1 aliphatic rings. The first kappa shape index (κ1) is 14.2. The summed E-state index contributed by atoms with van der Waals surface area (Å²) >= 11 is 0. The Morgan fingerprint density at radius 2 is 2.05 bits per heavy atom. The Hall–Kier alpha value is -1.26. The number of aliphatic hydroxyl groups is 1. The van der Waals surface area contributed by atoms with Crippen LogP contribution >= 0.6 is 0 Å². The van der Waals surface area contributed by atoms with Gasteiger partial charge in [-0.3, -0.25) is 0 Å². The number of rotatable bonds is 6. The number of aliphatic hydroxyl groups excluding tert-OH is 1. The van der Waals surface area contributed by atoms with Crippen LogP contribution in [0.15, 0.2) is 18.2 Å². The lowest BCUT2D eigenvalue weighted by Gasteiger charge is -2.16. The Morgan fingerprint density at radius 3 is 2.79 bits per heavy atom. The molecule has 0 spiro atoms. The Labute approximate surface area is 114 Å². The highest BCUT2D eigenvalue weighted by Crippen LogP contribution is 2.30. The normalized spacial score (nSPS) is 15.9. The zero-order valence-electron chi connectivity index (χ0n) is 11.5. The van der Waals surface area contributed by atoms with Crippen LogP contribution in [-0.2, 0) is 6.54 Å². The Bertz CT molecular complexity index is 395. The first-order valence-corrected chi connectivity index (χ1v) is 7.06. The van der Waals surface area contributed by atoms with Crippen LogP contribution in [0.4, 0.5) is 0 Å². The molecule has 0 amide bonds. The molecule has 1 unspecified atom stereocenters. The number of hydrogen-bond acceptors (Lipinski definition) is 4. The van der Waals surface area contributed by atoms with E-state index in [9.17, 15) is 0 Å². The van der Waals surface area contributed by atoms with E-state index in [0.717, 1.165) is 43.9 Å². The summed E-state index contributed by atoms with van der Waals surface area (Å²) in [4.78, 5) is 0. The maximum atomic E-state index is 8.98. The summed E-state index contributed by atoms with van der Waals surface area (Å²) in [7, 11) is 0. The predicted octanol–water partition coefficient (Wildman–Crippen LogP) is 2.10. The van der Waals surface area contributed by atoms with Crippen molar-refractivity contribution in [2.75, 3.05) is 19.8 Å². The summed E-state index contributed by atoms with van der Waals surface area (Å²) < 4.78 is 11.3. The van der Waals surface area contributed by atoms with Gasteiger partial charge in [-0.05, 0) is 30.5 Å². The van der Waals surface area contributed by atoms with E-state index in [4.69, 9.17) is 14.6 Å². The minimum atomic E-state index is 0.229. The van der Waals surface area contributed by atoms with Crippen molar-refractivity contribution in [2.24, 2.45) is 0 Å². The van der Waals surface area contributed by atoms with Crippen molar-refractivity contribution < 1.29 is 14.6 Å². The van der Waals surface area contributed by atoms with Gasteiger partial charge < -0.3 is 19.9 Å². The Balaban J connectivity index is 1.95. The smallest absolute Gasteiger partial charge is 0.161 e. The van der Waals surface area contributed by atoms with E-state index in [1.165, 1.54) is 5.56 Å². The molecule has 0 aromatic heterocycles. The maximum absolute atomic E-state index is 8.98. The lowest BCUT2D eigenvalue weighted by molar-refractivity contribution is 0.262. The van der Waals surface area contributed by atoms with Crippen LogP contribution in [0, 0.1) is 0 Å². The zero-order chi connectivity index (χ0) is 13.5. The molecule has 19 heavy (non-hydrogen) atoms. The highest BCUT2D eigenvalue weighted by Gasteiger charge is 2.11. The molecule has 0 bridgehead atoms. The van der Waals surface area contributed by atoms with Crippen LogP contribution in [-0.4, -0.2) is 31.0 Å². The molecule has 4 heteroatoms. The minimum absolute atomic E-state index is 0.229. The van der Waals surface area contributed by atoms with E-state index in [2.05, 4.69) is 18.3 Å². The van der Waals surface area contributed by atoms with Crippen molar-refractivity contribution in [2.45, 2.75) is 38.8 Å². The summed E-state index contributed by atoms with van der Waals surface area (Å²) in [5.74, 6) is 1.68.